The highest BCUT2D eigenvalue weighted by Gasteiger charge is 2.10. The molecule has 1 aromatic heterocycles. The first kappa shape index (κ1) is 10.7. The van der Waals surface area contributed by atoms with Gasteiger partial charge >= 0.3 is 0 Å². The largest absolute Gasteiger partial charge is 0.394 e. The molecule has 0 fully saturated rings. The number of carbonyl (C=O) groups excluding carboxylic acids is 1. The minimum atomic E-state index is -0.201. The maximum Gasteiger partial charge on any atom is 0.261 e. The molecule has 1 amide bonds. The van der Waals surface area contributed by atoms with Crippen LogP contribution >= 0.6 is 27.3 Å². The van der Waals surface area contributed by atoms with Crippen molar-refractivity contribution in [2.24, 2.45) is 0 Å². The van der Waals surface area contributed by atoms with Gasteiger partial charge in [-0.05, 0) is 35.0 Å². The van der Waals surface area contributed by atoms with E-state index >= 15 is 0 Å². The van der Waals surface area contributed by atoms with Gasteiger partial charge in [-0.3, -0.25) is 4.79 Å². The monoisotopic (exact) mass is 263 g/mol. The molecule has 0 bridgehead atoms. The van der Waals surface area contributed by atoms with Crippen molar-refractivity contribution in [3.63, 3.8) is 0 Å². The molecular formula is C8H10BrNO2S. The Kier molecular flexibility index (Phi) is 3.90. The predicted molar refractivity (Wildman–Crippen MR) is 56.0 cm³/mol. The summed E-state index contributed by atoms with van der Waals surface area (Å²) in [5.74, 6) is -0.141. The fourth-order valence-electron chi connectivity index (χ4n) is 0.777. The molecule has 72 valence electrons. The molecule has 13 heavy (non-hydrogen) atoms. The fourth-order valence-corrected chi connectivity index (χ4v) is 2.07. The topological polar surface area (TPSA) is 49.3 Å². The van der Waals surface area contributed by atoms with Crippen LogP contribution in [-0.2, 0) is 0 Å². The molecule has 2 N–H and O–H groups in total. The first-order valence-electron chi connectivity index (χ1n) is 3.80. The second kappa shape index (κ2) is 4.74. The molecule has 0 aromatic carbocycles. The summed E-state index contributed by atoms with van der Waals surface area (Å²) in [7, 11) is 0. The Bertz CT molecular complexity index is 300. The van der Waals surface area contributed by atoms with Crippen molar-refractivity contribution in [1.29, 1.82) is 0 Å². The van der Waals surface area contributed by atoms with E-state index in [2.05, 4.69) is 21.2 Å². The number of halogens is 1. The molecule has 0 aliphatic heterocycles. The second-order valence-corrected chi connectivity index (χ2v) is 5.12. The third-order valence-corrected chi connectivity index (χ3v) is 3.07. The minimum Gasteiger partial charge on any atom is -0.394 e. The van der Waals surface area contributed by atoms with Crippen molar-refractivity contribution in [3.05, 3.63) is 20.8 Å². The number of thiophene rings is 1. The standard InChI is InChI=1S/C8H10BrNO2S/c1-5(4-11)10-8(12)6-2-3-7(9)13-6/h2-3,5,11H,4H2,1H3,(H,10,12)/t5-/m1/s1. The molecule has 0 unspecified atom stereocenters. The summed E-state index contributed by atoms with van der Waals surface area (Å²) in [5, 5.41) is 11.4. The normalized spacial score (nSPS) is 12.5. The van der Waals surface area contributed by atoms with Gasteiger partial charge < -0.3 is 10.4 Å². The van der Waals surface area contributed by atoms with Crippen molar-refractivity contribution in [1.82, 2.24) is 5.32 Å². The molecule has 1 aromatic rings. The van der Waals surface area contributed by atoms with E-state index in [9.17, 15) is 4.79 Å². The van der Waals surface area contributed by atoms with Crippen LogP contribution in [0.5, 0.6) is 0 Å². The van der Waals surface area contributed by atoms with Gasteiger partial charge in [-0.2, -0.15) is 0 Å². The van der Waals surface area contributed by atoms with Crippen LogP contribution in [0, 0.1) is 0 Å². The molecule has 5 heteroatoms. The molecule has 1 heterocycles. The highest BCUT2D eigenvalue weighted by atomic mass is 79.9. The molecule has 0 radical (unpaired) electrons. The Hall–Kier alpha value is -0.390. The van der Waals surface area contributed by atoms with Gasteiger partial charge in [-0.1, -0.05) is 0 Å². The van der Waals surface area contributed by atoms with E-state index in [0.29, 0.717) is 4.88 Å². The Balaban J connectivity index is 2.58. The second-order valence-electron chi connectivity index (χ2n) is 2.66. The summed E-state index contributed by atoms with van der Waals surface area (Å²) in [4.78, 5) is 12.0. The molecular weight excluding hydrogens is 254 g/mol. The fraction of sp³-hybridized carbons (Fsp3) is 0.375. The van der Waals surface area contributed by atoms with Gasteiger partial charge in [0.25, 0.3) is 5.91 Å². The average Bonchev–Trinajstić information content (AvgIpc) is 2.51. The van der Waals surface area contributed by atoms with E-state index in [0.717, 1.165) is 3.79 Å². The molecule has 0 aliphatic rings. The van der Waals surface area contributed by atoms with Gasteiger partial charge in [0, 0.05) is 6.04 Å². The van der Waals surface area contributed by atoms with E-state index in [-0.39, 0.29) is 18.6 Å². The Morgan fingerprint density at radius 2 is 2.46 bits per heavy atom. The Labute approximate surface area is 88.9 Å². The summed E-state index contributed by atoms with van der Waals surface area (Å²) < 4.78 is 0.925. The molecule has 0 saturated heterocycles. The van der Waals surface area contributed by atoms with Crippen LogP contribution < -0.4 is 5.32 Å². The van der Waals surface area contributed by atoms with Crippen molar-refractivity contribution in [2.45, 2.75) is 13.0 Å². The van der Waals surface area contributed by atoms with Crippen LogP contribution in [0.3, 0.4) is 0 Å². The van der Waals surface area contributed by atoms with Crippen molar-refractivity contribution >= 4 is 33.2 Å². The first-order chi connectivity index (χ1) is 6.13. The highest BCUT2D eigenvalue weighted by Crippen LogP contribution is 2.21. The quantitative estimate of drug-likeness (QED) is 0.871. The van der Waals surface area contributed by atoms with Crippen LogP contribution in [0.25, 0.3) is 0 Å². The molecule has 3 nitrogen and oxygen atoms in total. The summed E-state index contributed by atoms with van der Waals surface area (Å²) in [6.07, 6.45) is 0. The zero-order chi connectivity index (χ0) is 9.84. The van der Waals surface area contributed by atoms with E-state index in [1.165, 1.54) is 11.3 Å². The summed E-state index contributed by atoms with van der Waals surface area (Å²) in [6, 6.07) is 3.37. The number of hydrogen-bond acceptors (Lipinski definition) is 3. The lowest BCUT2D eigenvalue weighted by atomic mass is 10.3. The maximum atomic E-state index is 11.4. The van der Waals surface area contributed by atoms with Crippen LogP contribution in [0.15, 0.2) is 15.9 Å². The average molecular weight is 264 g/mol. The molecule has 0 spiro atoms. The van der Waals surface area contributed by atoms with Crippen molar-refractivity contribution < 1.29 is 9.90 Å². The zero-order valence-electron chi connectivity index (χ0n) is 7.08. The molecule has 1 rings (SSSR count). The summed E-state index contributed by atoms with van der Waals surface area (Å²) >= 11 is 4.64. The zero-order valence-corrected chi connectivity index (χ0v) is 9.48. The van der Waals surface area contributed by atoms with Crippen LogP contribution in [-0.4, -0.2) is 23.7 Å². The van der Waals surface area contributed by atoms with E-state index in [1.54, 1.807) is 13.0 Å². The van der Waals surface area contributed by atoms with Crippen molar-refractivity contribution in [2.75, 3.05) is 6.61 Å². The van der Waals surface area contributed by atoms with E-state index in [4.69, 9.17) is 5.11 Å². The van der Waals surface area contributed by atoms with Gasteiger partial charge in [-0.25, -0.2) is 0 Å². The summed E-state index contributed by atoms with van der Waals surface area (Å²) in [6.45, 7) is 1.71. The van der Waals surface area contributed by atoms with E-state index in [1.807, 2.05) is 6.07 Å². The number of nitrogens with one attached hydrogen (secondary N) is 1. The molecule has 0 aliphatic carbocycles. The molecule has 0 saturated carbocycles. The van der Waals surface area contributed by atoms with Crippen LogP contribution in [0.2, 0.25) is 0 Å². The van der Waals surface area contributed by atoms with Gasteiger partial charge in [0.2, 0.25) is 0 Å². The first-order valence-corrected chi connectivity index (χ1v) is 5.41. The number of carbonyl (C=O) groups is 1. The van der Waals surface area contributed by atoms with Gasteiger partial charge in [0.05, 0.1) is 15.3 Å². The third-order valence-electron chi connectivity index (χ3n) is 1.45. The minimum absolute atomic E-state index is 0.0434. The maximum absolute atomic E-state index is 11.4. The SMILES string of the molecule is C[C@H](CO)NC(=O)c1ccc(Br)s1. The lowest BCUT2D eigenvalue weighted by Gasteiger charge is -2.08. The van der Waals surface area contributed by atoms with Gasteiger partial charge in [0.1, 0.15) is 0 Å². The highest BCUT2D eigenvalue weighted by molar-refractivity contribution is 9.11. The third kappa shape index (κ3) is 3.10. The van der Waals surface area contributed by atoms with Gasteiger partial charge in [-0.15, -0.1) is 11.3 Å². The molecule has 1 atom stereocenters. The number of hydrogen-bond donors (Lipinski definition) is 2. The summed E-state index contributed by atoms with van der Waals surface area (Å²) in [5.41, 5.74) is 0. The lowest BCUT2D eigenvalue weighted by molar-refractivity contribution is 0.0926. The van der Waals surface area contributed by atoms with Crippen LogP contribution in [0.4, 0.5) is 0 Å². The number of rotatable bonds is 3. The smallest absolute Gasteiger partial charge is 0.261 e. The van der Waals surface area contributed by atoms with Crippen LogP contribution in [0.1, 0.15) is 16.6 Å². The number of aliphatic hydroxyl groups is 1. The lowest BCUT2D eigenvalue weighted by Crippen LogP contribution is -2.34. The van der Waals surface area contributed by atoms with Gasteiger partial charge in [0.15, 0.2) is 0 Å². The Morgan fingerprint density at radius 3 is 2.92 bits per heavy atom. The Morgan fingerprint density at radius 1 is 1.77 bits per heavy atom. The van der Waals surface area contributed by atoms with E-state index < -0.39 is 0 Å². The number of amides is 1. The number of aliphatic hydroxyl groups excluding tert-OH is 1. The predicted octanol–water partition coefficient (Wildman–Crippen LogP) is 1.62. The van der Waals surface area contributed by atoms with Crippen molar-refractivity contribution in [3.8, 4) is 0 Å².